The van der Waals surface area contributed by atoms with Gasteiger partial charge in [-0.2, -0.15) is 0 Å². The first-order valence-electron chi connectivity index (χ1n) is 6.00. The average molecular weight is 261 g/mol. The van der Waals surface area contributed by atoms with Gasteiger partial charge >= 0.3 is 5.97 Å². The molecule has 0 aliphatic heterocycles. The number of amides is 1. The summed E-state index contributed by atoms with van der Waals surface area (Å²) >= 11 is 0. The van der Waals surface area contributed by atoms with Crippen LogP contribution in [0.1, 0.15) is 28.7 Å². The predicted molar refractivity (Wildman–Crippen MR) is 69.3 cm³/mol. The highest BCUT2D eigenvalue weighted by Gasteiger charge is 2.18. The Kier molecular flexibility index (Phi) is 3.50. The van der Waals surface area contributed by atoms with Crippen molar-refractivity contribution in [1.29, 1.82) is 0 Å². The van der Waals surface area contributed by atoms with Gasteiger partial charge in [0.25, 0.3) is 5.91 Å². The van der Waals surface area contributed by atoms with Crippen LogP contribution in [0.4, 0.5) is 0 Å². The fourth-order valence-corrected chi connectivity index (χ4v) is 1.93. The highest BCUT2D eigenvalue weighted by molar-refractivity contribution is 5.96. The maximum Gasteiger partial charge on any atom is 0.322 e. The van der Waals surface area contributed by atoms with Gasteiger partial charge in [0.05, 0.1) is 5.69 Å². The number of hydrogen-bond acceptors (Lipinski definition) is 3. The summed E-state index contributed by atoms with van der Waals surface area (Å²) in [5.74, 6) is -1.49. The molecule has 1 amide bonds. The van der Waals surface area contributed by atoms with E-state index in [1.54, 1.807) is 4.40 Å². The maximum absolute atomic E-state index is 12.1. The zero-order chi connectivity index (χ0) is 14.0. The Hall–Kier alpha value is -2.37. The van der Waals surface area contributed by atoms with Gasteiger partial charge in [-0.1, -0.05) is 13.0 Å². The predicted octanol–water partition coefficient (Wildman–Crippen LogP) is 1.02. The number of rotatable bonds is 4. The molecule has 0 fully saturated rings. The summed E-state index contributed by atoms with van der Waals surface area (Å²) in [6.45, 7) is 3.42. The van der Waals surface area contributed by atoms with Gasteiger partial charge in [0.15, 0.2) is 0 Å². The molecule has 0 aliphatic rings. The van der Waals surface area contributed by atoms with Crippen molar-refractivity contribution in [2.75, 3.05) is 6.54 Å². The van der Waals surface area contributed by atoms with Crippen molar-refractivity contribution < 1.29 is 14.7 Å². The van der Waals surface area contributed by atoms with Gasteiger partial charge in [0.2, 0.25) is 0 Å². The number of nitrogens with zero attached hydrogens (tertiary/aromatic N) is 2. The monoisotopic (exact) mass is 261 g/mol. The first kappa shape index (κ1) is 13.1. The fraction of sp³-hybridized carbons (Fsp3) is 0.308. The van der Waals surface area contributed by atoms with E-state index in [0.717, 1.165) is 5.56 Å². The molecule has 0 bridgehead atoms. The first-order valence-corrected chi connectivity index (χ1v) is 6.00. The molecule has 0 saturated heterocycles. The van der Waals surface area contributed by atoms with Crippen molar-refractivity contribution in [2.45, 2.75) is 20.3 Å². The molecule has 2 aromatic heterocycles. The number of pyridine rings is 1. The Labute approximate surface area is 110 Å². The number of fused-ring (bicyclic) bond motifs is 1. The second-order valence-electron chi connectivity index (χ2n) is 4.27. The molecular weight excluding hydrogens is 246 g/mol. The molecule has 0 radical (unpaired) electrons. The van der Waals surface area contributed by atoms with Gasteiger partial charge in [-0.15, -0.1) is 0 Å². The van der Waals surface area contributed by atoms with Crippen LogP contribution in [0, 0.1) is 6.92 Å². The van der Waals surface area contributed by atoms with E-state index in [1.807, 2.05) is 32.2 Å². The smallest absolute Gasteiger partial charge is 0.322 e. The average Bonchev–Trinajstić information content (AvgIpc) is 2.73. The van der Waals surface area contributed by atoms with Crippen LogP contribution >= 0.6 is 0 Å². The van der Waals surface area contributed by atoms with Crippen LogP contribution in [0.15, 0.2) is 18.3 Å². The third-order valence-electron chi connectivity index (χ3n) is 2.79. The number of hydrogen-bond donors (Lipinski definition) is 2. The molecule has 6 nitrogen and oxygen atoms in total. The Morgan fingerprint density at radius 1 is 1.42 bits per heavy atom. The van der Waals surface area contributed by atoms with Crippen molar-refractivity contribution in [3.63, 3.8) is 0 Å². The SMILES string of the molecule is CCc1nc2ccc(C)cn2c1C(=O)NCC(=O)O. The Morgan fingerprint density at radius 3 is 2.79 bits per heavy atom. The zero-order valence-corrected chi connectivity index (χ0v) is 10.8. The Balaban J connectivity index is 2.47. The minimum absolute atomic E-state index is 0.402. The Morgan fingerprint density at radius 2 is 2.16 bits per heavy atom. The molecule has 2 rings (SSSR count). The molecule has 0 atom stereocenters. The van der Waals surface area contributed by atoms with Crippen LogP contribution < -0.4 is 5.32 Å². The van der Waals surface area contributed by atoms with Crippen LogP contribution in [-0.2, 0) is 11.2 Å². The summed E-state index contributed by atoms with van der Waals surface area (Å²) in [5.41, 5.74) is 2.75. The lowest BCUT2D eigenvalue weighted by molar-refractivity contribution is -0.135. The summed E-state index contributed by atoms with van der Waals surface area (Å²) in [6, 6.07) is 3.75. The third-order valence-corrected chi connectivity index (χ3v) is 2.79. The van der Waals surface area contributed by atoms with Crippen LogP contribution in [0.2, 0.25) is 0 Å². The largest absolute Gasteiger partial charge is 0.480 e. The van der Waals surface area contributed by atoms with Crippen molar-refractivity contribution in [3.8, 4) is 0 Å². The van der Waals surface area contributed by atoms with E-state index >= 15 is 0 Å². The quantitative estimate of drug-likeness (QED) is 0.860. The topological polar surface area (TPSA) is 83.7 Å². The molecule has 19 heavy (non-hydrogen) atoms. The second kappa shape index (κ2) is 5.09. The number of carbonyl (C=O) groups is 2. The van der Waals surface area contributed by atoms with Gasteiger partial charge in [0, 0.05) is 6.20 Å². The standard InChI is InChI=1S/C13H15N3O3/c1-3-9-12(13(19)14-6-11(17)18)16-7-8(2)4-5-10(16)15-9/h4-5,7H,3,6H2,1-2H3,(H,14,19)(H,17,18). The van der Waals surface area contributed by atoms with Gasteiger partial charge in [0.1, 0.15) is 17.9 Å². The van der Waals surface area contributed by atoms with E-state index in [4.69, 9.17) is 5.11 Å². The van der Waals surface area contributed by atoms with E-state index < -0.39 is 18.4 Å². The van der Waals surface area contributed by atoms with Crippen molar-refractivity contribution in [3.05, 3.63) is 35.3 Å². The van der Waals surface area contributed by atoms with Gasteiger partial charge in [-0.3, -0.25) is 14.0 Å². The molecule has 100 valence electrons. The molecule has 2 N–H and O–H groups in total. The summed E-state index contributed by atoms with van der Waals surface area (Å²) in [5, 5.41) is 11.0. The second-order valence-corrected chi connectivity index (χ2v) is 4.27. The number of aryl methyl sites for hydroxylation is 2. The molecule has 2 aromatic rings. The molecule has 0 spiro atoms. The molecule has 2 heterocycles. The van der Waals surface area contributed by atoms with Crippen LogP contribution in [0.5, 0.6) is 0 Å². The molecule has 0 aliphatic carbocycles. The van der Waals surface area contributed by atoms with Gasteiger partial charge in [-0.25, -0.2) is 4.98 Å². The molecule has 0 saturated carbocycles. The number of carbonyl (C=O) groups excluding carboxylic acids is 1. The highest BCUT2D eigenvalue weighted by Crippen LogP contribution is 2.14. The lowest BCUT2D eigenvalue weighted by Gasteiger charge is -2.05. The molecular formula is C13H15N3O3. The number of imidazole rings is 1. The minimum Gasteiger partial charge on any atom is -0.480 e. The van der Waals surface area contributed by atoms with Crippen LogP contribution in [0.25, 0.3) is 5.65 Å². The van der Waals surface area contributed by atoms with Crippen molar-refractivity contribution in [2.24, 2.45) is 0 Å². The van der Waals surface area contributed by atoms with Gasteiger partial charge in [-0.05, 0) is 25.0 Å². The maximum atomic E-state index is 12.1. The van der Waals surface area contributed by atoms with E-state index in [9.17, 15) is 9.59 Å². The number of carboxylic acid groups (broad SMARTS) is 1. The normalized spacial score (nSPS) is 10.6. The van der Waals surface area contributed by atoms with E-state index in [-0.39, 0.29) is 0 Å². The molecule has 0 aromatic carbocycles. The summed E-state index contributed by atoms with van der Waals surface area (Å²) in [7, 11) is 0. The van der Waals surface area contributed by atoms with Gasteiger partial charge < -0.3 is 10.4 Å². The number of aromatic nitrogens is 2. The Bertz CT molecular complexity index is 646. The fourth-order valence-electron chi connectivity index (χ4n) is 1.93. The van der Waals surface area contributed by atoms with E-state index in [1.165, 1.54) is 0 Å². The van der Waals surface area contributed by atoms with E-state index in [2.05, 4.69) is 10.3 Å². The zero-order valence-electron chi connectivity index (χ0n) is 10.8. The first-order chi connectivity index (χ1) is 9.02. The molecule has 6 heteroatoms. The number of nitrogens with one attached hydrogen (secondary N) is 1. The van der Waals surface area contributed by atoms with E-state index in [0.29, 0.717) is 23.5 Å². The summed E-state index contributed by atoms with van der Waals surface area (Å²) in [6.07, 6.45) is 2.42. The minimum atomic E-state index is -1.07. The summed E-state index contributed by atoms with van der Waals surface area (Å²) < 4.78 is 1.70. The summed E-state index contributed by atoms with van der Waals surface area (Å²) in [4.78, 5) is 27.0. The van der Waals surface area contributed by atoms with Crippen LogP contribution in [0.3, 0.4) is 0 Å². The highest BCUT2D eigenvalue weighted by atomic mass is 16.4. The lowest BCUT2D eigenvalue weighted by atomic mass is 10.2. The number of aliphatic carboxylic acids is 1. The third kappa shape index (κ3) is 2.57. The molecule has 0 unspecified atom stereocenters. The van der Waals surface area contributed by atoms with Crippen molar-refractivity contribution >= 4 is 17.5 Å². The van der Waals surface area contributed by atoms with Crippen LogP contribution in [-0.4, -0.2) is 32.9 Å². The lowest BCUT2D eigenvalue weighted by Crippen LogP contribution is -2.30. The van der Waals surface area contributed by atoms with Crippen molar-refractivity contribution in [1.82, 2.24) is 14.7 Å². The number of carboxylic acids is 1.